The number of aromatic nitrogens is 2. The molecule has 0 aliphatic heterocycles. The summed E-state index contributed by atoms with van der Waals surface area (Å²) in [7, 11) is -1.50. The fourth-order valence-corrected chi connectivity index (χ4v) is 4.64. The Morgan fingerprint density at radius 2 is 1.90 bits per heavy atom. The quantitative estimate of drug-likeness (QED) is 0.859. The molecule has 1 aromatic heterocycles. The van der Waals surface area contributed by atoms with Gasteiger partial charge >= 0.3 is 0 Å². The third-order valence-electron chi connectivity index (χ3n) is 3.21. The Morgan fingerprint density at radius 1 is 1.25 bits per heavy atom. The van der Waals surface area contributed by atoms with Crippen molar-refractivity contribution < 1.29 is 9.50 Å². The molecule has 1 aromatic carbocycles. The van der Waals surface area contributed by atoms with E-state index >= 15 is 0 Å². The zero-order valence-electron chi connectivity index (χ0n) is 12.2. The average Bonchev–Trinajstić information content (AvgIpc) is 2.79. The molecule has 0 saturated heterocycles. The van der Waals surface area contributed by atoms with Gasteiger partial charge in [0, 0.05) is 20.5 Å². The molecule has 2 aromatic rings. The summed E-state index contributed by atoms with van der Waals surface area (Å²) in [5.41, 5.74) is -0.228. The van der Waals surface area contributed by atoms with Crippen LogP contribution in [-0.4, -0.2) is 22.7 Å². The highest BCUT2D eigenvalue weighted by Gasteiger charge is 2.35. The Morgan fingerprint density at radius 3 is 2.40 bits per heavy atom. The molecule has 20 heavy (non-hydrogen) atoms. The molecule has 0 bridgehead atoms. The first-order valence-corrected chi connectivity index (χ1v) is 10.4. The molecule has 1 atom stereocenters. The van der Waals surface area contributed by atoms with Crippen molar-refractivity contribution in [2.75, 3.05) is 0 Å². The second-order valence-corrected chi connectivity index (χ2v) is 12.0. The molecular weight excluding hydrogens is 271 g/mol. The standard InChI is InChI=1S/C15H21FN2OSi/c1-20(2,3)11-15(19,10-18-9-8-17-12-18)13-4-6-14(16)7-5-13/h4-9,12,19H,10-11H2,1-3H3. The fraction of sp³-hybridized carbons (Fsp3) is 0.400. The summed E-state index contributed by atoms with van der Waals surface area (Å²) in [5.74, 6) is -0.285. The molecule has 0 saturated carbocycles. The van der Waals surface area contributed by atoms with Gasteiger partial charge in [0.15, 0.2) is 0 Å². The minimum atomic E-state index is -1.50. The van der Waals surface area contributed by atoms with Crippen LogP contribution in [0.3, 0.4) is 0 Å². The van der Waals surface area contributed by atoms with Crippen LogP contribution in [0.4, 0.5) is 4.39 Å². The number of hydrogen-bond donors (Lipinski definition) is 1. The maximum absolute atomic E-state index is 13.1. The molecule has 1 N–H and O–H groups in total. The second-order valence-electron chi connectivity index (χ2n) is 6.51. The first-order chi connectivity index (χ1) is 9.28. The Labute approximate surface area is 120 Å². The van der Waals surface area contributed by atoms with Gasteiger partial charge in [-0.25, -0.2) is 9.37 Å². The summed E-state index contributed by atoms with van der Waals surface area (Å²) in [6.45, 7) is 7.09. The predicted molar refractivity (Wildman–Crippen MR) is 80.7 cm³/mol. The van der Waals surface area contributed by atoms with Crippen molar-refractivity contribution >= 4 is 8.07 Å². The van der Waals surface area contributed by atoms with E-state index in [0.29, 0.717) is 12.6 Å². The maximum Gasteiger partial charge on any atom is 0.123 e. The van der Waals surface area contributed by atoms with Gasteiger partial charge in [0.25, 0.3) is 0 Å². The molecule has 0 amide bonds. The third-order valence-corrected chi connectivity index (χ3v) is 4.85. The summed E-state index contributed by atoms with van der Waals surface area (Å²) < 4.78 is 15.0. The summed E-state index contributed by atoms with van der Waals surface area (Å²) >= 11 is 0. The van der Waals surface area contributed by atoms with E-state index in [4.69, 9.17) is 0 Å². The molecule has 3 nitrogen and oxygen atoms in total. The van der Waals surface area contributed by atoms with Crippen molar-refractivity contribution in [1.82, 2.24) is 9.55 Å². The fourth-order valence-electron chi connectivity index (χ4n) is 2.57. The number of imidazole rings is 1. The van der Waals surface area contributed by atoms with E-state index in [0.717, 1.165) is 5.56 Å². The van der Waals surface area contributed by atoms with Gasteiger partial charge < -0.3 is 9.67 Å². The van der Waals surface area contributed by atoms with Gasteiger partial charge in [0.2, 0.25) is 0 Å². The number of aliphatic hydroxyl groups is 1. The molecule has 0 aliphatic carbocycles. The monoisotopic (exact) mass is 292 g/mol. The van der Waals surface area contributed by atoms with Gasteiger partial charge in [0.1, 0.15) is 11.4 Å². The highest BCUT2D eigenvalue weighted by molar-refractivity contribution is 6.76. The van der Waals surface area contributed by atoms with Crippen LogP contribution in [0.15, 0.2) is 43.0 Å². The number of benzene rings is 1. The predicted octanol–water partition coefficient (Wildman–Crippen LogP) is 3.25. The van der Waals surface area contributed by atoms with Gasteiger partial charge in [-0.1, -0.05) is 31.8 Å². The third kappa shape index (κ3) is 3.77. The Hall–Kier alpha value is -1.46. The zero-order valence-corrected chi connectivity index (χ0v) is 13.2. The first kappa shape index (κ1) is 14.9. The lowest BCUT2D eigenvalue weighted by Gasteiger charge is -2.34. The molecule has 2 rings (SSSR count). The highest BCUT2D eigenvalue weighted by Crippen LogP contribution is 2.33. The number of rotatable bonds is 5. The number of hydrogen-bond acceptors (Lipinski definition) is 2. The minimum Gasteiger partial charge on any atom is -0.384 e. The van der Waals surface area contributed by atoms with Crippen molar-refractivity contribution in [2.45, 2.75) is 37.8 Å². The lowest BCUT2D eigenvalue weighted by Crippen LogP contribution is -2.39. The molecular formula is C15H21FN2OSi. The van der Waals surface area contributed by atoms with Crippen LogP contribution in [0.25, 0.3) is 0 Å². The van der Waals surface area contributed by atoms with E-state index in [2.05, 4.69) is 24.6 Å². The zero-order chi connectivity index (χ0) is 14.8. The lowest BCUT2D eigenvalue weighted by atomic mass is 9.95. The summed E-state index contributed by atoms with van der Waals surface area (Å²) in [5, 5.41) is 11.1. The van der Waals surface area contributed by atoms with E-state index in [1.54, 1.807) is 24.7 Å². The van der Waals surface area contributed by atoms with E-state index in [1.165, 1.54) is 12.1 Å². The van der Waals surface area contributed by atoms with Crippen molar-refractivity contribution in [1.29, 1.82) is 0 Å². The van der Waals surface area contributed by atoms with Crippen LogP contribution in [0, 0.1) is 5.82 Å². The molecule has 0 spiro atoms. The average molecular weight is 292 g/mol. The van der Waals surface area contributed by atoms with E-state index in [1.807, 2.05) is 10.8 Å². The van der Waals surface area contributed by atoms with Crippen molar-refractivity contribution in [2.24, 2.45) is 0 Å². The first-order valence-electron chi connectivity index (χ1n) is 6.73. The normalized spacial score (nSPS) is 15.1. The maximum atomic E-state index is 13.1. The molecule has 1 heterocycles. The van der Waals surface area contributed by atoms with Crippen molar-refractivity contribution in [3.63, 3.8) is 0 Å². The number of nitrogens with zero attached hydrogens (tertiary/aromatic N) is 2. The van der Waals surface area contributed by atoms with E-state index in [9.17, 15) is 9.50 Å². The van der Waals surface area contributed by atoms with Crippen LogP contribution in [0.5, 0.6) is 0 Å². The van der Waals surface area contributed by atoms with Crippen LogP contribution >= 0.6 is 0 Å². The van der Waals surface area contributed by atoms with Gasteiger partial charge in [-0.3, -0.25) is 0 Å². The molecule has 108 valence electrons. The Kier molecular flexibility index (Phi) is 4.11. The van der Waals surface area contributed by atoms with Crippen LogP contribution in [0.1, 0.15) is 5.56 Å². The van der Waals surface area contributed by atoms with Crippen LogP contribution in [-0.2, 0) is 12.1 Å². The van der Waals surface area contributed by atoms with Gasteiger partial charge in [-0.05, 0) is 23.7 Å². The van der Waals surface area contributed by atoms with Crippen molar-refractivity contribution in [3.8, 4) is 0 Å². The van der Waals surface area contributed by atoms with E-state index < -0.39 is 13.7 Å². The molecule has 0 aliphatic rings. The SMILES string of the molecule is C[Si](C)(C)CC(O)(Cn1ccnc1)c1ccc(F)cc1. The van der Waals surface area contributed by atoms with Gasteiger partial charge in [-0.2, -0.15) is 0 Å². The summed E-state index contributed by atoms with van der Waals surface area (Å²) in [6.07, 6.45) is 5.22. The Bertz CT molecular complexity index is 548. The molecule has 0 radical (unpaired) electrons. The van der Waals surface area contributed by atoms with Crippen molar-refractivity contribution in [3.05, 3.63) is 54.4 Å². The smallest absolute Gasteiger partial charge is 0.123 e. The van der Waals surface area contributed by atoms with Crippen LogP contribution in [0.2, 0.25) is 25.7 Å². The second kappa shape index (κ2) is 5.50. The minimum absolute atomic E-state index is 0.285. The molecule has 1 unspecified atom stereocenters. The number of halogens is 1. The van der Waals surface area contributed by atoms with Gasteiger partial charge in [0.05, 0.1) is 12.9 Å². The largest absolute Gasteiger partial charge is 0.384 e. The van der Waals surface area contributed by atoms with Crippen LogP contribution < -0.4 is 0 Å². The molecule has 0 fully saturated rings. The highest BCUT2D eigenvalue weighted by atomic mass is 28.3. The lowest BCUT2D eigenvalue weighted by molar-refractivity contribution is 0.0368. The Balaban J connectivity index is 2.34. The topological polar surface area (TPSA) is 38.0 Å². The van der Waals surface area contributed by atoms with E-state index in [-0.39, 0.29) is 5.82 Å². The van der Waals surface area contributed by atoms with Gasteiger partial charge in [-0.15, -0.1) is 0 Å². The molecule has 5 heteroatoms. The summed E-state index contributed by atoms with van der Waals surface area (Å²) in [6, 6.07) is 6.86. The summed E-state index contributed by atoms with van der Waals surface area (Å²) in [4.78, 5) is 4.01.